The molecule has 142 valence electrons. The zero-order valence-corrected chi connectivity index (χ0v) is 15.0. The molecule has 1 fully saturated rings. The highest BCUT2D eigenvalue weighted by Crippen LogP contribution is 2.23. The predicted molar refractivity (Wildman–Crippen MR) is 95.6 cm³/mol. The third-order valence-corrected chi connectivity index (χ3v) is 3.65. The van der Waals surface area contributed by atoms with Crippen molar-refractivity contribution >= 4 is 18.2 Å². The van der Waals surface area contributed by atoms with Gasteiger partial charge in [0.2, 0.25) is 0 Å². The van der Waals surface area contributed by atoms with Crippen LogP contribution in [0.1, 0.15) is 42.9 Å². The van der Waals surface area contributed by atoms with E-state index in [0.717, 1.165) is 5.56 Å². The highest BCUT2D eigenvalue weighted by Gasteiger charge is 2.19. The number of carbonyl (C=O) groups is 3. The monoisotopic (exact) mass is 372 g/mol. The molecule has 1 heterocycles. The number of hydrogen-bond acceptors (Lipinski definition) is 7. The summed E-state index contributed by atoms with van der Waals surface area (Å²) in [5, 5.41) is 0. The maximum atomic E-state index is 11.3. The highest BCUT2D eigenvalue weighted by molar-refractivity contribution is 5.91. The van der Waals surface area contributed by atoms with E-state index < -0.39 is 5.97 Å². The Hall–Kier alpha value is -3.03. The Kier molecular flexibility index (Phi) is 7.66. The fourth-order valence-corrected chi connectivity index (χ4v) is 2.34. The van der Waals surface area contributed by atoms with Crippen LogP contribution >= 0.6 is 0 Å². The molecule has 0 atom stereocenters. The maximum absolute atomic E-state index is 11.3. The first-order chi connectivity index (χ1) is 13.1. The lowest BCUT2D eigenvalue weighted by Crippen LogP contribution is -2.04. The highest BCUT2D eigenvalue weighted by atomic mass is 16.7. The largest absolute Gasteiger partial charge is 0.465 e. The minimum atomic E-state index is -0.432. The summed E-state index contributed by atoms with van der Waals surface area (Å²) in [6, 6.07) is 13.4. The first-order valence-electron chi connectivity index (χ1n) is 8.14. The molecule has 2 aromatic rings. The van der Waals surface area contributed by atoms with Crippen LogP contribution in [0.15, 0.2) is 48.5 Å². The van der Waals surface area contributed by atoms with Gasteiger partial charge < -0.3 is 18.9 Å². The van der Waals surface area contributed by atoms with Crippen LogP contribution < -0.4 is 0 Å². The van der Waals surface area contributed by atoms with Gasteiger partial charge in [-0.1, -0.05) is 24.3 Å². The van der Waals surface area contributed by atoms with Crippen molar-refractivity contribution in [3.05, 3.63) is 70.8 Å². The molecule has 0 amide bonds. The summed E-state index contributed by atoms with van der Waals surface area (Å²) in [6.45, 7) is 1.18. The summed E-state index contributed by atoms with van der Waals surface area (Å²) in [5.74, 6) is -0.784. The average Bonchev–Trinajstić information content (AvgIpc) is 3.28. The molecule has 0 N–H and O–H groups in total. The summed E-state index contributed by atoms with van der Waals surface area (Å²) >= 11 is 0. The van der Waals surface area contributed by atoms with Gasteiger partial charge in [-0.3, -0.25) is 4.79 Å². The third-order valence-electron chi connectivity index (χ3n) is 3.65. The van der Waals surface area contributed by atoms with Gasteiger partial charge in [-0.15, -0.1) is 0 Å². The number of ether oxygens (including phenoxy) is 4. The molecule has 3 rings (SSSR count). The first kappa shape index (κ1) is 20.3. The molecule has 0 bridgehead atoms. The second kappa shape index (κ2) is 10.2. The van der Waals surface area contributed by atoms with Crippen LogP contribution in [-0.2, 0) is 18.9 Å². The van der Waals surface area contributed by atoms with Gasteiger partial charge in [-0.25, -0.2) is 9.59 Å². The normalized spacial score (nSPS) is 13.3. The molecule has 7 heteroatoms. The third kappa shape index (κ3) is 5.73. The van der Waals surface area contributed by atoms with Crippen molar-refractivity contribution in [2.24, 2.45) is 0 Å². The van der Waals surface area contributed by atoms with Gasteiger partial charge in [0.05, 0.1) is 38.6 Å². The van der Waals surface area contributed by atoms with Gasteiger partial charge >= 0.3 is 11.9 Å². The standard InChI is InChI=1S/C11H12O4.C9H8O3/c1-13-10(12)8-3-2-4-9(7-8)11-14-5-6-15-11;1-12-9(11)8-4-2-3-7(5-8)6-10/h2-4,7,11H,5-6H2,1H3;2-6H,1H3. The van der Waals surface area contributed by atoms with Crippen LogP contribution in [0.3, 0.4) is 0 Å². The number of benzene rings is 2. The first-order valence-corrected chi connectivity index (χ1v) is 8.14. The zero-order valence-electron chi connectivity index (χ0n) is 15.0. The minimum absolute atomic E-state index is 0.352. The van der Waals surface area contributed by atoms with Gasteiger partial charge in [0.1, 0.15) is 6.29 Å². The molecule has 2 aromatic carbocycles. The summed E-state index contributed by atoms with van der Waals surface area (Å²) in [6.07, 6.45) is 0.335. The van der Waals surface area contributed by atoms with Crippen LogP contribution in [-0.4, -0.2) is 45.7 Å². The Morgan fingerprint density at radius 1 is 0.926 bits per heavy atom. The molecule has 0 saturated carbocycles. The lowest BCUT2D eigenvalue weighted by atomic mass is 10.1. The van der Waals surface area contributed by atoms with E-state index in [1.165, 1.54) is 20.3 Å². The lowest BCUT2D eigenvalue weighted by Gasteiger charge is -2.09. The number of methoxy groups -OCH3 is 2. The van der Waals surface area contributed by atoms with Crippen molar-refractivity contribution in [2.45, 2.75) is 6.29 Å². The average molecular weight is 372 g/mol. The maximum Gasteiger partial charge on any atom is 0.337 e. The molecule has 0 spiro atoms. The van der Waals surface area contributed by atoms with Gasteiger partial charge in [0.15, 0.2) is 6.29 Å². The Morgan fingerprint density at radius 3 is 2.04 bits per heavy atom. The molecule has 1 aliphatic rings. The molecular weight excluding hydrogens is 352 g/mol. The van der Waals surface area contributed by atoms with Crippen molar-refractivity contribution in [2.75, 3.05) is 27.4 Å². The van der Waals surface area contributed by atoms with Gasteiger partial charge in [0, 0.05) is 11.1 Å². The smallest absolute Gasteiger partial charge is 0.337 e. The fourth-order valence-electron chi connectivity index (χ4n) is 2.34. The Balaban J connectivity index is 0.000000199. The van der Waals surface area contributed by atoms with Crippen molar-refractivity contribution in [3.63, 3.8) is 0 Å². The zero-order chi connectivity index (χ0) is 19.6. The number of aldehydes is 1. The van der Waals surface area contributed by atoms with Gasteiger partial charge in [-0.2, -0.15) is 0 Å². The molecule has 27 heavy (non-hydrogen) atoms. The summed E-state index contributed by atoms with van der Waals surface area (Å²) < 4.78 is 19.8. The van der Waals surface area contributed by atoms with Crippen LogP contribution in [0.4, 0.5) is 0 Å². The second-order valence-electron chi connectivity index (χ2n) is 5.43. The minimum Gasteiger partial charge on any atom is -0.465 e. The molecule has 0 unspecified atom stereocenters. The summed E-state index contributed by atoms with van der Waals surface area (Å²) in [7, 11) is 2.66. The Labute approximate surface area is 156 Å². The predicted octanol–water partition coefficient (Wildman–Crippen LogP) is 2.80. The van der Waals surface area contributed by atoms with E-state index in [1.807, 2.05) is 6.07 Å². The molecule has 1 aliphatic heterocycles. The number of carbonyl (C=O) groups excluding carboxylic acids is 3. The second-order valence-corrected chi connectivity index (χ2v) is 5.43. The number of rotatable bonds is 4. The Bertz CT molecular complexity index is 794. The quantitative estimate of drug-likeness (QED) is 0.602. The summed E-state index contributed by atoms with van der Waals surface area (Å²) in [5.41, 5.74) is 2.21. The van der Waals surface area contributed by atoms with E-state index in [2.05, 4.69) is 9.47 Å². The molecule has 0 radical (unpaired) electrons. The van der Waals surface area contributed by atoms with Crippen LogP contribution in [0.5, 0.6) is 0 Å². The van der Waals surface area contributed by atoms with E-state index in [9.17, 15) is 14.4 Å². The van der Waals surface area contributed by atoms with Crippen LogP contribution in [0, 0.1) is 0 Å². The van der Waals surface area contributed by atoms with Crippen LogP contribution in [0.25, 0.3) is 0 Å². The molecule has 0 aliphatic carbocycles. The van der Waals surface area contributed by atoms with E-state index in [-0.39, 0.29) is 12.3 Å². The van der Waals surface area contributed by atoms with Gasteiger partial charge in [-0.05, 0) is 24.3 Å². The van der Waals surface area contributed by atoms with Crippen molar-refractivity contribution < 1.29 is 33.3 Å². The van der Waals surface area contributed by atoms with E-state index >= 15 is 0 Å². The Morgan fingerprint density at radius 2 is 1.48 bits per heavy atom. The molecule has 1 saturated heterocycles. The van der Waals surface area contributed by atoms with Crippen molar-refractivity contribution in [1.29, 1.82) is 0 Å². The molecular formula is C20H20O7. The van der Waals surface area contributed by atoms with E-state index in [1.54, 1.807) is 36.4 Å². The van der Waals surface area contributed by atoms with Crippen molar-refractivity contribution in [3.8, 4) is 0 Å². The fraction of sp³-hybridized carbons (Fsp3) is 0.250. The number of esters is 2. The molecule has 7 nitrogen and oxygen atoms in total. The van der Waals surface area contributed by atoms with E-state index in [4.69, 9.17) is 9.47 Å². The van der Waals surface area contributed by atoms with Crippen LogP contribution in [0.2, 0.25) is 0 Å². The van der Waals surface area contributed by atoms with Gasteiger partial charge in [0.25, 0.3) is 0 Å². The summed E-state index contributed by atoms with van der Waals surface area (Å²) in [4.78, 5) is 32.5. The van der Waals surface area contributed by atoms with E-state index in [0.29, 0.717) is 36.2 Å². The topological polar surface area (TPSA) is 88.1 Å². The van der Waals surface area contributed by atoms with Crippen molar-refractivity contribution in [1.82, 2.24) is 0 Å². The number of hydrogen-bond donors (Lipinski definition) is 0. The lowest BCUT2D eigenvalue weighted by molar-refractivity contribution is -0.0441. The molecule has 0 aromatic heterocycles. The SMILES string of the molecule is COC(=O)c1cccc(C2OCCO2)c1.COC(=O)c1cccc(C=O)c1.